The van der Waals surface area contributed by atoms with Crippen LogP contribution in [0.25, 0.3) is 22.5 Å². The maximum Gasteiger partial charge on any atom is 0.223 e. The first-order chi connectivity index (χ1) is 9.65. The molecule has 0 aliphatic heterocycles. The average Bonchev–Trinajstić information content (AvgIpc) is 2.85. The highest BCUT2D eigenvalue weighted by molar-refractivity contribution is 9.10. The molecule has 0 aliphatic carbocycles. The van der Waals surface area contributed by atoms with Crippen LogP contribution in [0.2, 0.25) is 0 Å². The first-order valence-electron chi connectivity index (χ1n) is 6.31. The van der Waals surface area contributed by atoms with E-state index in [1.54, 1.807) is 6.92 Å². The third-order valence-corrected chi connectivity index (χ3v) is 3.73. The van der Waals surface area contributed by atoms with Gasteiger partial charge >= 0.3 is 0 Å². The Morgan fingerprint density at radius 2 is 1.75 bits per heavy atom. The van der Waals surface area contributed by atoms with Gasteiger partial charge in [-0.15, -0.1) is 0 Å². The zero-order valence-electron chi connectivity index (χ0n) is 11.2. The number of halogens is 1. The van der Waals surface area contributed by atoms with E-state index in [2.05, 4.69) is 51.2 Å². The predicted molar refractivity (Wildman–Crippen MR) is 82.3 cm³/mol. The third kappa shape index (κ3) is 2.39. The second kappa shape index (κ2) is 5.21. The molecule has 2 aromatic carbocycles. The molecule has 0 atom stereocenters. The first-order valence-corrected chi connectivity index (χ1v) is 7.10. The van der Waals surface area contributed by atoms with Crippen LogP contribution in [-0.2, 0) is 0 Å². The summed E-state index contributed by atoms with van der Waals surface area (Å²) < 4.78 is 6.13. The van der Waals surface area contributed by atoms with Gasteiger partial charge in [0.1, 0.15) is 0 Å². The average molecular weight is 329 g/mol. The van der Waals surface area contributed by atoms with Gasteiger partial charge in [-0.05, 0) is 35.7 Å². The lowest BCUT2D eigenvalue weighted by molar-refractivity contribution is 0.394. The summed E-state index contributed by atoms with van der Waals surface area (Å²) in [6, 6.07) is 14.4. The van der Waals surface area contributed by atoms with Crippen molar-refractivity contribution in [1.29, 1.82) is 0 Å². The zero-order valence-corrected chi connectivity index (χ0v) is 12.8. The molecule has 100 valence electrons. The fourth-order valence-electron chi connectivity index (χ4n) is 2.26. The standard InChI is InChI=1S/C16H13BrN2O/c1-10-14(12-5-3-6-13(17)9-12)7-4-8-15(10)16-18-11(2)20-19-16/h3-9H,1-2H3. The highest BCUT2D eigenvalue weighted by atomic mass is 79.9. The van der Waals surface area contributed by atoms with Gasteiger partial charge in [0.05, 0.1) is 0 Å². The van der Waals surface area contributed by atoms with Crippen molar-refractivity contribution >= 4 is 15.9 Å². The van der Waals surface area contributed by atoms with E-state index in [1.807, 2.05) is 24.3 Å². The molecule has 0 unspecified atom stereocenters. The van der Waals surface area contributed by atoms with Crippen LogP contribution in [0.5, 0.6) is 0 Å². The minimum Gasteiger partial charge on any atom is -0.339 e. The summed E-state index contributed by atoms with van der Waals surface area (Å²) in [6.07, 6.45) is 0. The van der Waals surface area contributed by atoms with Crippen molar-refractivity contribution in [3.05, 3.63) is 58.4 Å². The Labute approximate surface area is 125 Å². The van der Waals surface area contributed by atoms with E-state index in [0.717, 1.165) is 15.6 Å². The van der Waals surface area contributed by atoms with Gasteiger partial charge in [-0.1, -0.05) is 51.4 Å². The maximum absolute atomic E-state index is 5.07. The minimum atomic E-state index is 0.576. The van der Waals surface area contributed by atoms with Gasteiger partial charge in [-0.3, -0.25) is 0 Å². The van der Waals surface area contributed by atoms with Crippen molar-refractivity contribution in [1.82, 2.24) is 10.1 Å². The number of nitrogens with zero attached hydrogens (tertiary/aromatic N) is 2. The number of hydrogen-bond acceptors (Lipinski definition) is 3. The van der Waals surface area contributed by atoms with Crippen LogP contribution in [0, 0.1) is 13.8 Å². The van der Waals surface area contributed by atoms with Gasteiger partial charge < -0.3 is 4.52 Å². The molecule has 1 aromatic heterocycles. The number of aryl methyl sites for hydroxylation is 1. The van der Waals surface area contributed by atoms with Crippen molar-refractivity contribution in [3.8, 4) is 22.5 Å². The van der Waals surface area contributed by atoms with E-state index in [0.29, 0.717) is 11.7 Å². The van der Waals surface area contributed by atoms with E-state index in [1.165, 1.54) is 11.1 Å². The Kier molecular flexibility index (Phi) is 3.40. The molecule has 3 nitrogen and oxygen atoms in total. The highest BCUT2D eigenvalue weighted by Gasteiger charge is 2.12. The topological polar surface area (TPSA) is 38.9 Å². The summed E-state index contributed by atoms with van der Waals surface area (Å²) in [4.78, 5) is 4.31. The number of benzene rings is 2. The zero-order chi connectivity index (χ0) is 14.1. The Hall–Kier alpha value is -1.94. The normalized spacial score (nSPS) is 10.8. The Morgan fingerprint density at radius 1 is 1.00 bits per heavy atom. The van der Waals surface area contributed by atoms with Crippen molar-refractivity contribution in [2.45, 2.75) is 13.8 Å². The smallest absolute Gasteiger partial charge is 0.223 e. The van der Waals surface area contributed by atoms with E-state index in [4.69, 9.17) is 4.52 Å². The quantitative estimate of drug-likeness (QED) is 0.679. The summed E-state index contributed by atoms with van der Waals surface area (Å²) in [5.74, 6) is 1.21. The van der Waals surface area contributed by atoms with Gasteiger partial charge in [0.25, 0.3) is 0 Å². The molecular formula is C16H13BrN2O. The summed E-state index contributed by atoms with van der Waals surface area (Å²) >= 11 is 3.51. The molecule has 0 amide bonds. The van der Waals surface area contributed by atoms with Gasteiger partial charge in [-0.25, -0.2) is 0 Å². The second-order valence-electron chi connectivity index (χ2n) is 4.63. The summed E-state index contributed by atoms with van der Waals surface area (Å²) in [6.45, 7) is 3.88. The van der Waals surface area contributed by atoms with E-state index >= 15 is 0 Å². The van der Waals surface area contributed by atoms with Gasteiger partial charge in [0.2, 0.25) is 11.7 Å². The SMILES string of the molecule is Cc1nc(-c2cccc(-c3cccc(Br)c3)c2C)no1. The molecular weight excluding hydrogens is 316 g/mol. The lowest BCUT2D eigenvalue weighted by Gasteiger charge is -2.09. The minimum absolute atomic E-state index is 0.576. The molecule has 0 radical (unpaired) electrons. The van der Waals surface area contributed by atoms with Crippen molar-refractivity contribution in [3.63, 3.8) is 0 Å². The summed E-state index contributed by atoms with van der Waals surface area (Å²) in [5.41, 5.74) is 4.48. The highest BCUT2D eigenvalue weighted by Crippen LogP contribution is 2.31. The first kappa shape index (κ1) is 13.1. The summed E-state index contributed by atoms with van der Waals surface area (Å²) in [7, 11) is 0. The van der Waals surface area contributed by atoms with Crippen LogP contribution in [0.4, 0.5) is 0 Å². The van der Waals surface area contributed by atoms with E-state index < -0.39 is 0 Å². The largest absolute Gasteiger partial charge is 0.339 e. The molecule has 0 spiro atoms. The molecule has 0 bridgehead atoms. The molecule has 3 aromatic rings. The van der Waals surface area contributed by atoms with Crippen LogP contribution in [0.1, 0.15) is 11.5 Å². The molecule has 4 heteroatoms. The lowest BCUT2D eigenvalue weighted by Crippen LogP contribution is -1.90. The van der Waals surface area contributed by atoms with Crippen molar-refractivity contribution in [2.75, 3.05) is 0 Å². The molecule has 20 heavy (non-hydrogen) atoms. The Bertz CT molecular complexity index is 765. The van der Waals surface area contributed by atoms with Crippen LogP contribution in [-0.4, -0.2) is 10.1 Å². The third-order valence-electron chi connectivity index (χ3n) is 3.24. The molecule has 0 saturated carbocycles. The number of rotatable bonds is 2. The van der Waals surface area contributed by atoms with Crippen LogP contribution >= 0.6 is 15.9 Å². The Morgan fingerprint density at radius 3 is 2.45 bits per heavy atom. The lowest BCUT2D eigenvalue weighted by atomic mass is 9.96. The molecule has 0 saturated heterocycles. The van der Waals surface area contributed by atoms with Gasteiger partial charge in [-0.2, -0.15) is 4.98 Å². The van der Waals surface area contributed by atoms with Gasteiger partial charge in [0, 0.05) is 17.0 Å². The second-order valence-corrected chi connectivity index (χ2v) is 5.54. The molecule has 0 fully saturated rings. The van der Waals surface area contributed by atoms with Crippen molar-refractivity contribution < 1.29 is 4.52 Å². The maximum atomic E-state index is 5.07. The molecule has 0 N–H and O–H groups in total. The van der Waals surface area contributed by atoms with Crippen LogP contribution in [0.15, 0.2) is 51.5 Å². The fourth-order valence-corrected chi connectivity index (χ4v) is 2.65. The molecule has 0 aliphatic rings. The van der Waals surface area contributed by atoms with Crippen molar-refractivity contribution in [2.24, 2.45) is 0 Å². The monoisotopic (exact) mass is 328 g/mol. The Balaban J connectivity index is 2.15. The molecule has 3 rings (SSSR count). The molecule has 1 heterocycles. The predicted octanol–water partition coefficient (Wildman–Crippen LogP) is 4.78. The van der Waals surface area contributed by atoms with E-state index in [9.17, 15) is 0 Å². The number of aromatic nitrogens is 2. The number of hydrogen-bond donors (Lipinski definition) is 0. The summed E-state index contributed by atoms with van der Waals surface area (Å²) in [5, 5.41) is 4.00. The fraction of sp³-hybridized carbons (Fsp3) is 0.125. The van der Waals surface area contributed by atoms with Crippen LogP contribution in [0.3, 0.4) is 0 Å². The van der Waals surface area contributed by atoms with E-state index in [-0.39, 0.29) is 0 Å². The van der Waals surface area contributed by atoms with Crippen LogP contribution < -0.4 is 0 Å². The van der Waals surface area contributed by atoms with Gasteiger partial charge in [0.15, 0.2) is 0 Å².